The molecule has 1 unspecified atom stereocenters. The van der Waals surface area contributed by atoms with Crippen LogP contribution in [0.1, 0.15) is 37.3 Å². The minimum absolute atomic E-state index is 0.287. The van der Waals surface area contributed by atoms with Crippen molar-refractivity contribution in [2.24, 2.45) is 0 Å². The first-order chi connectivity index (χ1) is 11.1. The van der Waals surface area contributed by atoms with E-state index in [4.69, 9.17) is 10.1 Å². The van der Waals surface area contributed by atoms with Crippen molar-refractivity contribution in [3.05, 3.63) is 63.7 Å². The molecule has 1 fully saturated rings. The molecule has 1 aromatic carbocycles. The largest absolute Gasteiger partial charge is 0.377 e. The number of hydrogen-bond acceptors (Lipinski definition) is 2. The van der Waals surface area contributed by atoms with Gasteiger partial charge in [0.05, 0.1) is 6.10 Å². The average Bonchev–Trinajstić information content (AvgIpc) is 2.89. The molecule has 23 heavy (non-hydrogen) atoms. The molecule has 3 rings (SSSR count). The Balaban J connectivity index is 0.000000168. The maximum absolute atomic E-state index is 7.29. The van der Waals surface area contributed by atoms with Crippen molar-refractivity contribution in [3.63, 3.8) is 0 Å². The summed E-state index contributed by atoms with van der Waals surface area (Å²) in [6.07, 6.45) is 13.1. The SMILES string of the molecule is BrC1=CCc2ccccc2C=C1.COC1CCC/C1=C\C(C)=N. The molecule has 1 atom stereocenters. The number of allylic oxidation sites excluding steroid dienone is 4. The van der Waals surface area contributed by atoms with Crippen LogP contribution in [0.2, 0.25) is 0 Å². The summed E-state index contributed by atoms with van der Waals surface area (Å²) < 4.78 is 6.43. The van der Waals surface area contributed by atoms with Gasteiger partial charge in [-0.2, -0.15) is 0 Å². The number of fused-ring (bicyclic) bond motifs is 1. The zero-order valence-corrected chi connectivity index (χ0v) is 15.4. The first-order valence-corrected chi connectivity index (χ1v) is 8.79. The van der Waals surface area contributed by atoms with Gasteiger partial charge < -0.3 is 10.1 Å². The highest BCUT2D eigenvalue weighted by Crippen LogP contribution is 2.26. The fourth-order valence-electron chi connectivity index (χ4n) is 2.88. The number of hydrogen-bond donors (Lipinski definition) is 1. The molecule has 1 N–H and O–H groups in total. The second-order valence-electron chi connectivity index (χ2n) is 5.84. The van der Waals surface area contributed by atoms with Gasteiger partial charge in [0.15, 0.2) is 0 Å². The summed E-state index contributed by atoms with van der Waals surface area (Å²) in [7, 11) is 1.74. The third kappa shape index (κ3) is 5.60. The third-order valence-electron chi connectivity index (χ3n) is 4.03. The first kappa shape index (κ1) is 17.9. The Bertz CT molecular complexity index is 643. The molecule has 0 aromatic heterocycles. The predicted octanol–water partition coefficient (Wildman–Crippen LogP) is 5.69. The number of rotatable bonds is 2. The highest BCUT2D eigenvalue weighted by molar-refractivity contribution is 9.11. The van der Waals surface area contributed by atoms with Crippen LogP contribution in [0.3, 0.4) is 0 Å². The number of methoxy groups -OCH3 is 1. The van der Waals surface area contributed by atoms with Crippen LogP contribution in [0.4, 0.5) is 0 Å². The molecular weight excluding hydrogens is 350 g/mol. The standard InChI is InChI=1S/C11H9Br.C9H15NO/c12-11-7-5-9-3-1-2-4-10(9)6-8-11;1-7(10)6-8-4-3-5-9(8)11-2/h1-5,7-8H,6H2;6,9-10H,3-5H2,1-2H3/b;8-6+,10-7?. The van der Waals surface area contributed by atoms with Crippen molar-refractivity contribution in [2.75, 3.05) is 7.11 Å². The number of benzene rings is 1. The van der Waals surface area contributed by atoms with E-state index in [0.717, 1.165) is 19.3 Å². The summed E-state index contributed by atoms with van der Waals surface area (Å²) in [4.78, 5) is 0. The van der Waals surface area contributed by atoms with Gasteiger partial charge in [0, 0.05) is 17.3 Å². The zero-order valence-electron chi connectivity index (χ0n) is 13.8. The van der Waals surface area contributed by atoms with Gasteiger partial charge >= 0.3 is 0 Å². The van der Waals surface area contributed by atoms with Crippen LogP contribution in [-0.2, 0) is 11.2 Å². The topological polar surface area (TPSA) is 33.1 Å². The van der Waals surface area contributed by atoms with Gasteiger partial charge in [0.25, 0.3) is 0 Å². The lowest BCUT2D eigenvalue weighted by molar-refractivity contribution is 0.137. The number of ether oxygens (including phenoxy) is 1. The molecule has 0 spiro atoms. The van der Waals surface area contributed by atoms with Crippen molar-refractivity contribution in [1.29, 1.82) is 5.41 Å². The monoisotopic (exact) mass is 373 g/mol. The van der Waals surface area contributed by atoms with Crippen molar-refractivity contribution >= 4 is 27.7 Å². The third-order valence-corrected chi connectivity index (χ3v) is 4.61. The Labute approximate surface area is 147 Å². The van der Waals surface area contributed by atoms with Gasteiger partial charge in [-0.25, -0.2) is 0 Å². The van der Waals surface area contributed by atoms with E-state index in [0.29, 0.717) is 5.71 Å². The maximum atomic E-state index is 7.29. The van der Waals surface area contributed by atoms with Gasteiger partial charge in [-0.05, 0) is 61.5 Å². The summed E-state index contributed by atoms with van der Waals surface area (Å²) in [5, 5.41) is 7.29. The van der Waals surface area contributed by atoms with Crippen molar-refractivity contribution in [1.82, 2.24) is 0 Å². The molecule has 0 heterocycles. The van der Waals surface area contributed by atoms with E-state index in [-0.39, 0.29) is 6.10 Å². The van der Waals surface area contributed by atoms with Gasteiger partial charge in [-0.15, -0.1) is 0 Å². The molecular formula is C20H24BrNO. The second-order valence-corrected chi connectivity index (χ2v) is 6.76. The van der Waals surface area contributed by atoms with Crippen LogP contribution in [-0.4, -0.2) is 18.9 Å². The van der Waals surface area contributed by atoms with Crippen LogP contribution in [0.25, 0.3) is 6.08 Å². The maximum Gasteiger partial charge on any atom is 0.0785 e. The molecule has 0 aliphatic heterocycles. The van der Waals surface area contributed by atoms with Gasteiger partial charge in [-0.1, -0.05) is 52.3 Å². The molecule has 0 saturated heterocycles. The zero-order chi connectivity index (χ0) is 16.7. The molecule has 0 bridgehead atoms. The smallest absolute Gasteiger partial charge is 0.0785 e. The van der Waals surface area contributed by atoms with Crippen LogP contribution in [0, 0.1) is 5.41 Å². The minimum Gasteiger partial charge on any atom is -0.377 e. The normalized spacial score (nSPS) is 21.1. The lowest BCUT2D eigenvalue weighted by Crippen LogP contribution is -2.07. The van der Waals surface area contributed by atoms with Gasteiger partial charge in [-0.3, -0.25) is 0 Å². The summed E-state index contributed by atoms with van der Waals surface area (Å²) in [5.41, 5.74) is 4.63. The van der Waals surface area contributed by atoms with Crippen LogP contribution < -0.4 is 0 Å². The Kier molecular flexibility index (Phi) is 7.00. The highest BCUT2D eigenvalue weighted by atomic mass is 79.9. The first-order valence-electron chi connectivity index (χ1n) is 8.00. The molecule has 0 radical (unpaired) electrons. The molecule has 2 aliphatic carbocycles. The molecule has 3 heteroatoms. The number of nitrogens with one attached hydrogen (secondary N) is 1. The summed E-state index contributed by atoms with van der Waals surface area (Å²) in [6.45, 7) is 1.80. The number of halogens is 1. The molecule has 0 amide bonds. The van der Waals surface area contributed by atoms with Crippen LogP contribution in [0.15, 0.2) is 52.5 Å². The molecule has 122 valence electrons. The summed E-state index contributed by atoms with van der Waals surface area (Å²) >= 11 is 3.47. The Morgan fingerprint density at radius 2 is 2.09 bits per heavy atom. The van der Waals surface area contributed by atoms with E-state index in [1.54, 1.807) is 14.0 Å². The lowest BCUT2D eigenvalue weighted by atomic mass is 10.1. The highest BCUT2D eigenvalue weighted by Gasteiger charge is 2.19. The van der Waals surface area contributed by atoms with E-state index in [9.17, 15) is 0 Å². The van der Waals surface area contributed by atoms with Crippen LogP contribution >= 0.6 is 15.9 Å². The van der Waals surface area contributed by atoms with E-state index in [1.807, 2.05) is 6.08 Å². The fourth-order valence-corrected chi connectivity index (χ4v) is 3.17. The van der Waals surface area contributed by atoms with Crippen molar-refractivity contribution in [2.45, 2.75) is 38.7 Å². The lowest BCUT2D eigenvalue weighted by Gasteiger charge is -2.08. The van der Waals surface area contributed by atoms with Gasteiger partial charge in [0.2, 0.25) is 0 Å². The quantitative estimate of drug-likeness (QED) is 0.663. The van der Waals surface area contributed by atoms with E-state index < -0.39 is 0 Å². The van der Waals surface area contributed by atoms with Crippen LogP contribution in [0.5, 0.6) is 0 Å². The minimum atomic E-state index is 0.287. The molecule has 1 aromatic rings. The molecule has 1 saturated carbocycles. The van der Waals surface area contributed by atoms with Gasteiger partial charge in [0.1, 0.15) is 0 Å². The Morgan fingerprint density at radius 1 is 1.30 bits per heavy atom. The average molecular weight is 374 g/mol. The van der Waals surface area contributed by atoms with E-state index in [1.165, 1.54) is 27.6 Å². The second kappa shape index (κ2) is 8.99. The van der Waals surface area contributed by atoms with Crippen molar-refractivity contribution in [3.8, 4) is 0 Å². The molecule has 2 aliphatic rings. The predicted molar refractivity (Wildman–Crippen MR) is 102 cm³/mol. The summed E-state index contributed by atoms with van der Waals surface area (Å²) in [6, 6.07) is 8.47. The molecule has 2 nitrogen and oxygen atoms in total. The van der Waals surface area contributed by atoms with E-state index >= 15 is 0 Å². The fraction of sp³-hybridized carbons (Fsp3) is 0.350. The van der Waals surface area contributed by atoms with E-state index in [2.05, 4.69) is 58.4 Å². The Morgan fingerprint density at radius 3 is 2.83 bits per heavy atom. The summed E-state index contributed by atoms with van der Waals surface area (Å²) in [5.74, 6) is 0. The Hall–Kier alpha value is -1.45. The van der Waals surface area contributed by atoms with Crippen molar-refractivity contribution < 1.29 is 4.74 Å².